The maximum atomic E-state index is 12.8. The van der Waals surface area contributed by atoms with E-state index in [0.717, 1.165) is 37.9 Å². The molecule has 1 fully saturated rings. The lowest BCUT2D eigenvalue weighted by molar-refractivity contribution is 0.229. The molecule has 0 aliphatic carbocycles. The fourth-order valence-corrected chi connectivity index (χ4v) is 4.52. The third-order valence-corrected chi connectivity index (χ3v) is 5.74. The zero-order valence-corrected chi connectivity index (χ0v) is 13.9. The minimum Gasteiger partial charge on any atom is -0.315 e. The summed E-state index contributed by atoms with van der Waals surface area (Å²) in [6.45, 7) is 12.7. The molecule has 0 spiro atoms. The van der Waals surface area contributed by atoms with Crippen molar-refractivity contribution in [3.8, 4) is 0 Å². The van der Waals surface area contributed by atoms with Crippen LogP contribution >= 0.6 is 0 Å². The van der Waals surface area contributed by atoms with E-state index in [2.05, 4.69) is 11.9 Å². The Balaban J connectivity index is 2.87. The molecule has 0 aromatic rings. The molecule has 118 valence electrons. The zero-order valence-electron chi connectivity index (χ0n) is 13.1. The van der Waals surface area contributed by atoms with Crippen LogP contribution < -0.4 is 5.32 Å². The van der Waals surface area contributed by atoms with Crippen molar-refractivity contribution in [3.63, 3.8) is 0 Å². The smallest absolute Gasteiger partial charge is 0.282 e. The molecule has 1 aliphatic heterocycles. The first-order chi connectivity index (χ1) is 9.43. The highest BCUT2D eigenvalue weighted by molar-refractivity contribution is 7.86. The van der Waals surface area contributed by atoms with Gasteiger partial charge in [-0.2, -0.15) is 17.0 Å². The van der Waals surface area contributed by atoms with Crippen molar-refractivity contribution in [3.05, 3.63) is 12.2 Å². The fraction of sp³-hybridized carbons (Fsp3) is 0.857. The van der Waals surface area contributed by atoms with Gasteiger partial charge in [0, 0.05) is 32.2 Å². The molecular weight excluding hydrogens is 274 g/mol. The summed E-state index contributed by atoms with van der Waals surface area (Å²) in [7, 11) is -3.38. The molecule has 5 nitrogen and oxygen atoms in total. The second-order valence-corrected chi connectivity index (χ2v) is 7.34. The molecule has 1 saturated heterocycles. The standard InChI is InChI=1S/C14H29N3O2S/c1-5-15-11-14-9-7-8-10-17(14)20(18,19)16(6-2)12-13(3)4/h14-15H,3,5-12H2,1-2,4H3. The highest BCUT2D eigenvalue weighted by Crippen LogP contribution is 2.22. The summed E-state index contributed by atoms with van der Waals surface area (Å²) < 4.78 is 28.8. The highest BCUT2D eigenvalue weighted by Gasteiger charge is 2.35. The van der Waals surface area contributed by atoms with Crippen LogP contribution in [-0.4, -0.2) is 55.8 Å². The maximum Gasteiger partial charge on any atom is 0.282 e. The average Bonchev–Trinajstić information content (AvgIpc) is 2.42. The number of nitrogens with one attached hydrogen (secondary N) is 1. The summed E-state index contributed by atoms with van der Waals surface area (Å²) in [5, 5.41) is 3.28. The van der Waals surface area contributed by atoms with Crippen LogP contribution in [0.2, 0.25) is 0 Å². The van der Waals surface area contributed by atoms with E-state index in [4.69, 9.17) is 0 Å². The van der Waals surface area contributed by atoms with Crippen LogP contribution in [0.15, 0.2) is 12.2 Å². The van der Waals surface area contributed by atoms with Crippen molar-refractivity contribution >= 4 is 10.2 Å². The van der Waals surface area contributed by atoms with E-state index in [9.17, 15) is 8.42 Å². The van der Waals surface area contributed by atoms with Gasteiger partial charge in [0.15, 0.2) is 0 Å². The number of hydrogen-bond donors (Lipinski definition) is 1. The number of hydrogen-bond acceptors (Lipinski definition) is 3. The van der Waals surface area contributed by atoms with E-state index in [0.29, 0.717) is 19.6 Å². The lowest BCUT2D eigenvalue weighted by Gasteiger charge is -2.38. The number of rotatable bonds is 8. The third-order valence-electron chi connectivity index (χ3n) is 3.62. The van der Waals surface area contributed by atoms with Gasteiger partial charge in [-0.15, -0.1) is 0 Å². The molecule has 0 radical (unpaired) electrons. The number of piperidine rings is 1. The Labute approximate surface area is 124 Å². The quantitative estimate of drug-likeness (QED) is 0.693. The van der Waals surface area contributed by atoms with Gasteiger partial charge in [0.05, 0.1) is 0 Å². The van der Waals surface area contributed by atoms with Gasteiger partial charge in [-0.1, -0.05) is 32.4 Å². The van der Waals surface area contributed by atoms with Crippen LogP contribution in [0.5, 0.6) is 0 Å². The summed E-state index contributed by atoms with van der Waals surface area (Å²) in [6, 6.07) is 0.0767. The molecule has 1 atom stereocenters. The summed E-state index contributed by atoms with van der Waals surface area (Å²) >= 11 is 0. The van der Waals surface area contributed by atoms with Gasteiger partial charge in [0.1, 0.15) is 0 Å². The predicted molar refractivity (Wildman–Crippen MR) is 83.9 cm³/mol. The van der Waals surface area contributed by atoms with Crippen LogP contribution in [0.4, 0.5) is 0 Å². The van der Waals surface area contributed by atoms with Crippen molar-refractivity contribution in [2.24, 2.45) is 0 Å². The molecule has 0 bridgehead atoms. The normalized spacial score (nSPS) is 21.3. The molecule has 0 amide bonds. The van der Waals surface area contributed by atoms with Crippen LogP contribution in [-0.2, 0) is 10.2 Å². The van der Waals surface area contributed by atoms with Crippen LogP contribution in [0, 0.1) is 0 Å². The third kappa shape index (κ3) is 4.55. The van der Waals surface area contributed by atoms with E-state index in [1.165, 1.54) is 4.31 Å². The number of nitrogens with zero attached hydrogens (tertiary/aromatic N) is 2. The first kappa shape index (κ1) is 17.6. The lowest BCUT2D eigenvalue weighted by Crippen LogP contribution is -2.53. The van der Waals surface area contributed by atoms with E-state index in [1.54, 1.807) is 4.31 Å². The van der Waals surface area contributed by atoms with Gasteiger partial charge in [-0.05, 0) is 26.3 Å². The molecule has 6 heteroatoms. The lowest BCUT2D eigenvalue weighted by atomic mass is 10.1. The second kappa shape index (κ2) is 8.12. The van der Waals surface area contributed by atoms with Gasteiger partial charge in [0.2, 0.25) is 0 Å². The monoisotopic (exact) mass is 303 g/mol. The minimum atomic E-state index is -3.38. The molecule has 0 saturated carbocycles. The summed E-state index contributed by atoms with van der Waals surface area (Å²) in [4.78, 5) is 0. The van der Waals surface area contributed by atoms with Crippen molar-refractivity contribution < 1.29 is 8.42 Å². The molecule has 1 heterocycles. The van der Waals surface area contributed by atoms with Crippen molar-refractivity contribution in [1.29, 1.82) is 0 Å². The predicted octanol–water partition coefficient (Wildman–Crippen LogP) is 1.59. The SMILES string of the molecule is C=C(C)CN(CC)S(=O)(=O)N1CCCCC1CNCC. The molecule has 20 heavy (non-hydrogen) atoms. The Bertz CT molecular complexity index is 409. The first-order valence-electron chi connectivity index (χ1n) is 7.55. The first-order valence-corrected chi connectivity index (χ1v) is 8.95. The Morgan fingerprint density at radius 2 is 2.10 bits per heavy atom. The fourth-order valence-electron chi connectivity index (χ4n) is 2.60. The van der Waals surface area contributed by atoms with Crippen molar-refractivity contribution in [2.45, 2.75) is 46.1 Å². The van der Waals surface area contributed by atoms with Crippen LogP contribution in [0.25, 0.3) is 0 Å². The molecule has 0 aromatic carbocycles. The second-order valence-electron chi connectivity index (χ2n) is 5.46. The number of likely N-dealkylation sites (N-methyl/N-ethyl adjacent to an activating group) is 2. The Morgan fingerprint density at radius 3 is 2.65 bits per heavy atom. The molecule has 1 N–H and O–H groups in total. The molecule has 1 aliphatic rings. The van der Waals surface area contributed by atoms with E-state index >= 15 is 0 Å². The van der Waals surface area contributed by atoms with Gasteiger partial charge in [0.25, 0.3) is 10.2 Å². The van der Waals surface area contributed by atoms with Gasteiger partial charge >= 0.3 is 0 Å². The minimum absolute atomic E-state index is 0.0767. The Morgan fingerprint density at radius 1 is 1.40 bits per heavy atom. The molecule has 1 unspecified atom stereocenters. The van der Waals surface area contributed by atoms with E-state index < -0.39 is 10.2 Å². The summed E-state index contributed by atoms with van der Waals surface area (Å²) in [5.41, 5.74) is 0.871. The molecular formula is C14H29N3O2S. The van der Waals surface area contributed by atoms with Crippen LogP contribution in [0.3, 0.4) is 0 Å². The van der Waals surface area contributed by atoms with Gasteiger partial charge in [-0.25, -0.2) is 0 Å². The van der Waals surface area contributed by atoms with Gasteiger partial charge in [-0.3, -0.25) is 0 Å². The van der Waals surface area contributed by atoms with E-state index in [1.807, 2.05) is 20.8 Å². The Kier molecular flexibility index (Phi) is 7.15. The molecule has 0 aromatic heterocycles. The van der Waals surface area contributed by atoms with E-state index in [-0.39, 0.29) is 6.04 Å². The largest absolute Gasteiger partial charge is 0.315 e. The highest BCUT2D eigenvalue weighted by atomic mass is 32.2. The summed E-state index contributed by atoms with van der Waals surface area (Å²) in [6.07, 6.45) is 3.00. The summed E-state index contributed by atoms with van der Waals surface area (Å²) in [5.74, 6) is 0. The van der Waals surface area contributed by atoms with Crippen molar-refractivity contribution in [2.75, 3.05) is 32.7 Å². The zero-order chi connectivity index (χ0) is 15.2. The maximum absolute atomic E-state index is 12.8. The topological polar surface area (TPSA) is 52.7 Å². The Hall–Kier alpha value is -0.430. The van der Waals surface area contributed by atoms with Crippen molar-refractivity contribution in [1.82, 2.24) is 13.9 Å². The average molecular weight is 303 g/mol. The molecule has 1 rings (SSSR count). The van der Waals surface area contributed by atoms with Gasteiger partial charge < -0.3 is 5.32 Å². The van der Waals surface area contributed by atoms with Crippen LogP contribution in [0.1, 0.15) is 40.0 Å².